The van der Waals surface area contributed by atoms with Gasteiger partial charge in [0.1, 0.15) is 0 Å². The van der Waals surface area contributed by atoms with E-state index in [-0.39, 0.29) is 12.3 Å². The number of nitrogens with zero attached hydrogens (tertiary/aromatic N) is 1. The first-order chi connectivity index (χ1) is 8.54. The molecule has 1 heterocycles. The molecule has 4 heteroatoms. The first-order valence-corrected chi connectivity index (χ1v) is 6.72. The van der Waals surface area contributed by atoms with Crippen molar-refractivity contribution in [2.75, 3.05) is 13.1 Å². The predicted molar refractivity (Wildman–Crippen MR) is 70.2 cm³/mol. The second kappa shape index (κ2) is 7.19. The summed E-state index contributed by atoms with van der Waals surface area (Å²) >= 11 is 0. The number of aliphatic carboxylic acids is 1. The average Bonchev–Trinajstić information content (AvgIpc) is 2.36. The van der Waals surface area contributed by atoms with E-state index in [9.17, 15) is 9.59 Å². The maximum absolute atomic E-state index is 12.1. The van der Waals surface area contributed by atoms with Crippen LogP contribution in [0.2, 0.25) is 0 Å². The number of likely N-dealkylation sites (tertiary alicyclic amines) is 1. The Kier molecular flexibility index (Phi) is 5.89. The third-order valence-electron chi connectivity index (χ3n) is 3.42. The summed E-state index contributed by atoms with van der Waals surface area (Å²) in [5, 5.41) is 8.69. The van der Waals surface area contributed by atoms with E-state index >= 15 is 0 Å². The van der Waals surface area contributed by atoms with Crippen molar-refractivity contribution in [1.82, 2.24) is 4.90 Å². The molecule has 4 nitrogen and oxygen atoms in total. The van der Waals surface area contributed by atoms with Gasteiger partial charge in [-0.05, 0) is 38.5 Å². The summed E-state index contributed by atoms with van der Waals surface area (Å²) in [7, 11) is 0. The molecule has 1 rings (SSSR count). The number of carboxylic acid groups (broad SMARTS) is 1. The van der Waals surface area contributed by atoms with Gasteiger partial charge in [-0.3, -0.25) is 9.59 Å². The van der Waals surface area contributed by atoms with Crippen LogP contribution in [0.15, 0.2) is 11.6 Å². The van der Waals surface area contributed by atoms with Crippen LogP contribution in [0.1, 0.15) is 46.0 Å². The molecule has 1 N–H and O–H groups in total. The molecular formula is C14H23NO3. The molecule has 1 saturated heterocycles. The molecule has 1 aliphatic heterocycles. The van der Waals surface area contributed by atoms with Gasteiger partial charge in [0.05, 0.1) is 0 Å². The van der Waals surface area contributed by atoms with Crippen LogP contribution in [0, 0.1) is 5.92 Å². The standard InChI is InChI=1S/C14H23NO3/c1-3-5-11(2)14(18)15-9-4-6-12(10-15)7-8-13(16)17/h5,12H,3-4,6-10H2,1-2H3,(H,16,17)/b11-5+/t12-/m0/s1. The fourth-order valence-electron chi connectivity index (χ4n) is 2.46. The SMILES string of the molecule is CC/C=C(\C)C(=O)N1CCC[C@@H](CCC(=O)O)C1. The molecule has 0 aromatic rings. The lowest BCUT2D eigenvalue weighted by Crippen LogP contribution is -2.40. The van der Waals surface area contributed by atoms with E-state index in [2.05, 4.69) is 0 Å². The average molecular weight is 253 g/mol. The van der Waals surface area contributed by atoms with Gasteiger partial charge in [0.15, 0.2) is 0 Å². The molecule has 1 atom stereocenters. The van der Waals surface area contributed by atoms with E-state index in [4.69, 9.17) is 5.11 Å². The second-order valence-electron chi connectivity index (χ2n) is 4.99. The Morgan fingerprint density at radius 3 is 2.78 bits per heavy atom. The summed E-state index contributed by atoms with van der Waals surface area (Å²) in [5.41, 5.74) is 0.802. The highest BCUT2D eigenvalue weighted by molar-refractivity contribution is 5.92. The van der Waals surface area contributed by atoms with Crippen molar-refractivity contribution in [3.8, 4) is 0 Å². The fourth-order valence-corrected chi connectivity index (χ4v) is 2.46. The van der Waals surface area contributed by atoms with Gasteiger partial charge < -0.3 is 10.0 Å². The minimum atomic E-state index is -0.750. The molecule has 1 fully saturated rings. The Labute approximate surface area is 109 Å². The monoisotopic (exact) mass is 253 g/mol. The molecule has 0 bridgehead atoms. The number of hydrogen-bond donors (Lipinski definition) is 1. The predicted octanol–water partition coefficient (Wildman–Crippen LogP) is 2.45. The molecule has 0 aromatic heterocycles. The fraction of sp³-hybridized carbons (Fsp3) is 0.714. The van der Waals surface area contributed by atoms with Crippen molar-refractivity contribution in [3.63, 3.8) is 0 Å². The lowest BCUT2D eigenvalue weighted by atomic mass is 9.93. The van der Waals surface area contributed by atoms with Crippen molar-refractivity contribution in [2.45, 2.75) is 46.0 Å². The molecule has 0 spiro atoms. The van der Waals surface area contributed by atoms with Gasteiger partial charge in [0.25, 0.3) is 0 Å². The molecule has 1 amide bonds. The number of carbonyl (C=O) groups excluding carboxylic acids is 1. The Morgan fingerprint density at radius 2 is 2.17 bits per heavy atom. The number of allylic oxidation sites excluding steroid dienone is 1. The van der Waals surface area contributed by atoms with E-state index < -0.39 is 5.97 Å². The van der Waals surface area contributed by atoms with Crippen LogP contribution in [0.4, 0.5) is 0 Å². The highest BCUT2D eigenvalue weighted by Gasteiger charge is 2.24. The molecule has 0 radical (unpaired) electrons. The van der Waals surface area contributed by atoms with E-state index in [0.29, 0.717) is 18.9 Å². The van der Waals surface area contributed by atoms with Crippen molar-refractivity contribution >= 4 is 11.9 Å². The molecule has 0 unspecified atom stereocenters. The Bertz CT molecular complexity index is 336. The van der Waals surface area contributed by atoms with Gasteiger partial charge in [-0.1, -0.05) is 13.0 Å². The molecule has 0 aliphatic carbocycles. The zero-order valence-corrected chi connectivity index (χ0v) is 11.3. The minimum Gasteiger partial charge on any atom is -0.481 e. The first-order valence-electron chi connectivity index (χ1n) is 6.72. The maximum Gasteiger partial charge on any atom is 0.303 e. The van der Waals surface area contributed by atoms with Crippen LogP contribution in [-0.2, 0) is 9.59 Å². The largest absolute Gasteiger partial charge is 0.481 e. The van der Waals surface area contributed by atoms with Crippen LogP contribution < -0.4 is 0 Å². The number of rotatable bonds is 5. The molecule has 1 aliphatic rings. The summed E-state index contributed by atoms with van der Waals surface area (Å²) in [4.78, 5) is 24.5. The van der Waals surface area contributed by atoms with Gasteiger partial charge in [-0.25, -0.2) is 0 Å². The summed E-state index contributed by atoms with van der Waals surface area (Å²) in [6.07, 6.45) is 5.71. The van der Waals surface area contributed by atoms with Gasteiger partial charge >= 0.3 is 5.97 Å². The van der Waals surface area contributed by atoms with Gasteiger partial charge in [-0.2, -0.15) is 0 Å². The van der Waals surface area contributed by atoms with Crippen LogP contribution in [0.3, 0.4) is 0 Å². The zero-order chi connectivity index (χ0) is 13.5. The lowest BCUT2D eigenvalue weighted by molar-refractivity contribution is -0.137. The smallest absolute Gasteiger partial charge is 0.303 e. The summed E-state index contributed by atoms with van der Waals surface area (Å²) in [6, 6.07) is 0. The Balaban J connectivity index is 2.50. The molecule has 0 aromatic carbocycles. The maximum atomic E-state index is 12.1. The number of piperidine rings is 1. The number of hydrogen-bond acceptors (Lipinski definition) is 2. The highest BCUT2D eigenvalue weighted by Crippen LogP contribution is 2.22. The summed E-state index contributed by atoms with van der Waals surface area (Å²) in [5.74, 6) is -0.300. The van der Waals surface area contributed by atoms with Gasteiger partial charge in [0, 0.05) is 25.1 Å². The zero-order valence-electron chi connectivity index (χ0n) is 11.3. The number of amides is 1. The molecule has 0 saturated carbocycles. The highest BCUT2D eigenvalue weighted by atomic mass is 16.4. The normalized spacial score (nSPS) is 20.9. The van der Waals surface area contributed by atoms with E-state index in [1.54, 1.807) is 0 Å². The quantitative estimate of drug-likeness (QED) is 0.766. The van der Waals surface area contributed by atoms with Crippen LogP contribution >= 0.6 is 0 Å². The van der Waals surface area contributed by atoms with E-state index in [0.717, 1.165) is 31.4 Å². The van der Waals surface area contributed by atoms with Crippen molar-refractivity contribution in [2.24, 2.45) is 5.92 Å². The third-order valence-corrected chi connectivity index (χ3v) is 3.42. The van der Waals surface area contributed by atoms with Crippen LogP contribution in [0.25, 0.3) is 0 Å². The second-order valence-corrected chi connectivity index (χ2v) is 4.99. The van der Waals surface area contributed by atoms with Gasteiger partial charge in [-0.15, -0.1) is 0 Å². The number of carbonyl (C=O) groups is 2. The van der Waals surface area contributed by atoms with Crippen molar-refractivity contribution in [3.05, 3.63) is 11.6 Å². The summed E-state index contributed by atoms with van der Waals surface area (Å²) in [6.45, 7) is 5.38. The van der Waals surface area contributed by atoms with Crippen LogP contribution in [0.5, 0.6) is 0 Å². The Hall–Kier alpha value is -1.32. The van der Waals surface area contributed by atoms with Crippen LogP contribution in [-0.4, -0.2) is 35.0 Å². The summed E-state index contributed by atoms with van der Waals surface area (Å²) < 4.78 is 0. The Morgan fingerprint density at radius 1 is 1.44 bits per heavy atom. The van der Waals surface area contributed by atoms with E-state index in [1.165, 1.54) is 0 Å². The number of carboxylic acids is 1. The third kappa shape index (κ3) is 4.51. The molecule has 18 heavy (non-hydrogen) atoms. The first kappa shape index (κ1) is 14.7. The molecular weight excluding hydrogens is 230 g/mol. The van der Waals surface area contributed by atoms with Gasteiger partial charge in [0.2, 0.25) is 5.91 Å². The lowest BCUT2D eigenvalue weighted by Gasteiger charge is -2.33. The topological polar surface area (TPSA) is 57.6 Å². The molecule has 102 valence electrons. The minimum absolute atomic E-state index is 0.108. The van der Waals surface area contributed by atoms with Crippen molar-refractivity contribution in [1.29, 1.82) is 0 Å². The van der Waals surface area contributed by atoms with Crippen molar-refractivity contribution < 1.29 is 14.7 Å². The van der Waals surface area contributed by atoms with E-state index in [1.807, 2.05) is 24.8 Å².